The van der Waals surface area contributed by atoms with E-state index in [1.54, 1.807) is 0 Å². The molecule has 0 saturated carbocycles. The first-order valence-corrected chi connectivity index (χ1v) is 6.57. The topological polar surface area (TPSA) is 21.3 Å². The first-order valence-electron chi connectivity index (χ1n) is 6.57. The molecule has 15 heavy (non-hydrogen) atoms. The number of hydrogen-bond donors (Lipinski definition) is 1. The van der Waals surface area contributed by atoms with Crippen LogP contribution in [0.3, 0.4) is 0 Å². The van der Waals surface area contributed by atoms with Crippen molar-refractivity contribution >= 4 is 0 Å². The van der Waals surface area contributed by atoms with E-state index < -0.39 is 0 Å². The average molecular weight is 213 g/mol. The van der Waals surface area contributed by atoms with E-state index in [-0.39, 0.29) is 0 Å². The van der Waals surface area contributed by atoms with Gasteiger partial charge in [-0.25, -0.2) is 0 Å². The van der Waals surface area contributed by atoms with E-state index in [1.807, 2.05) is 0 Å². The lowest BCUT2D eigenvalue weighted by Gasteiger charge is -2.30. The molecule has 90 valence electrons. The summed E-state index contributed by atoms with van der Waals surface area (Å²) < 4.78 is 5.69. The van der Waals surface area contributed by atoms with Crippen molar-refractivity contribution in [3.05, 3.63) is 0 Å². The first kappa shape index (κ1) is 13.0. The van der Waals surface area contributed by atoms with Crippen LogP contribution in [0, 0.1) is 11.8 Å². The summed E-state index contributed by atoms with van der Waals surface area (Å²) in [5.74, 6) is 1.54. The van der Waals surface area contributed by atoms with Crippen molar-refractivity contribution in [1.82, 2.24) is 5.32 Å². The van der Waals surface area contributed by atoms with Crippen molar-refractivity contribution in [2.24, 2.45) is 11.8 Å². The molecular weight excluding hydrogens is 186 g/mol. The van der Waals surface area contributed by atoms with E-state index in [0.29, 0.717) is 12.1 Å². The number of ether oxygens (including phenoxy) is 1. The standard InChI is InChI=1S/C13H27NO/c1-5-11(6-2)13(14-7-3)12-8-10(4)15-9-12/h10-14H,5-9H2,1-4H3. The van der Waals surface area contributed by atoms with E-state index in [2.05, 4.69) is 33.0 Å². The van der Waals surface area contributed by atoms with Crippen LogP contribution >= 0.6 is 0 Å². The molecule has 3 unspecified atom stereocenters. The van der Waals surface area contributed by atoms with Gasteiger partial charge in [-0.05, 0) is 25.8 Å². The molecule has 0 aromatic heterocycles. The van der Waals surface area contributed by atoms with E-state index in [1.165, 1.54) is 19.3 Å². The molecule has 0 aromatic rings. The van der Waals surface area contributed by atoms with Crippen LogP contribution in [0.2, 0.25) is 0 Å². The molecule has 1 fully saturated rings. The molecule has 3 atom stereocenters. The molecule has 1 heterocycles. The van der Waals surface area contributed by atoms with Crippen LogP contribution in [0.25, 0.3) is 0 Å². The molecule has 0 amide bonds. The molecular formula is C13H27NO. The molecule has 1 rings (SSSR count). The highest BCUT2D eigenvalue weighted by Crippen LogP contribution is 2.28. The molecule has 0 aromatic carbocycles. The Hall–Kier alpha value is -0.0800. The largest absolute Gasteiger partial charge is 0.378 e. The molecule has 0 aliphatic carbocycles. The normalized spacial score (nSPS) is 28.6. The molecule has 1 aliphatic rings. The van der Waals surface area contributed by atoms with Gasteiger partial charge in [-0.3, -0.25) is 0 Å². The highest BCUT2D eigenvalue weighted by molar-refractivity contribution is 4.86. The van der Waals surface area contributed by atoms with Gasteiger partial charge in [0.25, 0.3) is 0 Å². The molecule has 0 bridgehead atoms. The fourth-order valence-electron chi connectivity index (χ4n) is 2.85. The van der Waals surface area contributed by atoms with E-state index in [4.69, 9.17) is 4.74 Å². The maximum Gasteiger partial charge on any atom is 0.0551 e. The zero-order valence-corrected chi connectivity index (χ0v) is 10.8. The summed E-state index contributed by atoms with van der Waals surface area (Å²) in [5.41, 5.74) is 0. The molecule has 0 radical (unpaired) electrons. The zero-order valence-electron chi connectivity index (χ0n) is 10.8. The molecule has 2 heteroatoms. The maximum atomic E-state index is 5.69. The highest BCUT2D eigenvalue weighted by Gasteiger charge is 2.32. The SMILES string of the molecule is CCNC(C(CC)CC)C1COC(C)C1. The smallest absolute Gasteiger partial charge is 0.0551 e. The van der Waals surface area contributed by atoms with E-state index in [9.17, 15) is 0 Å². The predicted octanol–water partition coefficient (Wildman–Crippen LogP) is 2.83. The lowest BCUT2D eigenvalue weighted by Crippen LogP contribution is -2.42. The summed E-state index contributed by atoms with van der Waals surface area (Å²) >= 11 is 0. The first-order chi connectivity index (χ1) is 7.22. The lowest BCUT2D eigenvalue weighted by molar-refractivity contribution is 0.113. The third-order valence-corrected chi connectivity index (χ3v) is 3.73. The lowest BCUT2D eigenvalue weighted by atomic mass is 9.83. The van der Waals surface area contributed by atoms with Gasteiger partial charge >= 0.3 is 0 Å². The van der Waals surface area contributed by atoms with Crippen LogP contribution in [0.4, 0.5) is 0 Å². The Morgan fingerprint density at radius 3 is 2.33 bits per heavy atom. The van der Waals surface area contributed by atoms with Crippen molar-refractivity contribution in [3.63, 3.8) is 0 Å². The van der Waals surface area contributed by atoms with Gasteiger partial charge in [-0.2, -0.15) is 0 Å². The monoisotopic (exact) mass is 213 g/mol. The third-order valence-electron chi connectivity index (χ3n) is 3.73. The van der Waals surface area contributed by atoms with Crippen molar-refractivity contribution in [3.8, 4) is 0 Å². The Balaban J connectivity index is 2.55. The third kappa shape index (κ3) is 3.46. The summed E-state index contributed by atoms with van der Waals surface area (Å²) in [7, 11) is 0. The van der Waals surface area contributed by atoms with E-state index >= 15 is 0 Å². The summed E-state index contributed by atoms with van der Waals surface area (Å²) in [6.07, 6.45) is 4.25. The van der Waals surface area contributed by atoms with Crippen LogP contribution in [0.15, 0.2) is 0 Å². The molecule has 2 nitrogen and oxygen atoms in total. The highest BCUT2D eigenvalue weighted by atomic mass is 16.5. The minimum absolute atomic E-state index is 0.463. The van der Waals surface area contributed by atoms with Gasteiger partial charge in [-0.15, -0.1) is 0 Å². The zero-order chi connectivity index (χ0) is 11.3. The molecule has 0 spiro atoms. The van der Waals surface area contributed by atoms with Crippen LogP contribution in [-0.2, 0) is 4.74 Å². The van der Waals surface area contributed by atoms with Gasteiger partial charge in [-0.1, -0.05) is 33.6 Å². The fraction of sp³-hybridized carbons (Fsp3) is 1.00. The second kappa shape index (κ2) is 6.49. The van der Waals surface area contributed by atoms with Gasteiger partial charge in [0.2, 0.25) is 0 Å². The Labute approximate surface area is 94.8 Å². The van der Waals surface area contributed by atoms with Crippen molar-refractivity contribution in [1.29, 1.82) is 0 Å². The molecule has 1 aliphatic heterocycles. The van der Waals surface area contributed by atoms with Crippen molar-refractivity contribution < 1.29 is 4.74 Å². The Kier molecular flexibility index (Phi) is 5.62. The summed E-state index contributed by atoms with van der Waals surface area (Å²) in [6.45, 7) is 11.0. The number of hydrogen-bond acceptors (Lipinski definition) is 2. The Bertz CT molecular complexity index is 168. The molecule has 1 N–H and O–H groups in total. The van der Waals surface area contributed by atoms with Gasteiger partial charge in [0.05, 0.1) is 12.7 Å². The van der Waals surface area contributed by atoms with Crippen LogP contribution < -0.4 is 5.32 Å². The van der Waals surface area contributed by atoms with Crippen LogP contribution in [0.1, 0.15) is 47.0 Å². The summed E-state index contributed by atoms with van der Waals surface area (Å²) in [5, 5.41) is 3.67. The van der Waals surface area contributed by atoms with Crippen LogP contribution in [-0.4, -0.2) is 25.3 Å². The maximum absolute atomic E-state index is 5.69. The minimum atomic E-state index is 0.463. The fourth-order valence-corrected chi connectivity index (χ4v) is 2.85. The van der Waals surface area contributed by atoms with Crippen molar-refractivity contribution in [2.45, 2.75) is 59.1 Å². The number of rotatable bonds is 6. The van der Waals surface area contributed by atoms with E-state index in [0.717, 1.165) is 25.0 Å². The summed E-state index contributed by atoms with van der Waals surface area (Å²) in [4.78, 5) is 0. The minimum Gasteiger partial charge on any atom is -0.378 e. The second-order valence-corrected chi connectivity index (χ2v) is 4.80. The Morgan fingerprint density at radius 1 is 1.27 bits per heavy atom. The van der Waals surface area contributed by atoms with Crippen molar-refractivity contribution in [2.75, 3.05) is 13.2 Å². The average Bonchev–Trinajstić information content (AvgIpc) is 2.65. The summed E-state index contributed by atoms with van der Waals surface area (Å²) in [6, 6.07) is 0.662. The van der Waals surface area contributed by atoms with Gasteiger partial charge in [0.15, 0.2) is 0 Å². The second-order valence-electron chi connectivity index (χ2n) is 4.80. The molecule has 1 saturated heterocycles. The quantitative estimate of drug-likeness (QED) is 0.732. The number of nitrogens with one attached hydrogen (secondary N) is 1. The Morgan fingerprint density at radius 2 is 1.93 bits per heavy atom. The predicted molar refractivity (Wildman–Crippen MR) is 65.1 cm³/mol. The van der Waals surface area contributed by atoms with Gasteiger partial charge in [0.1, 0.15) is 0 Å². The van der Waals surface area contributed by atoms with Gasteiger partial charge < -0.3 is 10.1 Å². The van der Waals surface area contributed by atoms with Crippen LogP contribution in [0.5, 0.6) is 0 Å². The van der Waals surface area contributed by atoms with Gasteiger partial charge in [0, 0.05) is 12.0 Å².